The number of benzene rings is 1. The largest absolute Gasteiger partial charge is 0.478 e. The second kappa shape index (κ2) is 10.8. The summed E-state index contributed by atoms with van der Waals surface area (Å²) in [6, 6.07) is 1.48. The van der Waals surface area contributed by atoms with Crippen molar-refractivity contribution in [3.63, 3.8) is 0 Å². The number of carbonyl (C=O) groups is 5. The molecule has 1 fully saturated rings. The minimum Gasteiger partial charge on any atom is -0.478 e. The molecule has 0 aliphatic carbocycles. The summed E-state index contributed by atoms with van der Waals surface area (Å²) in [5.74, 6) is -7.68. The van der Waals surface area contributed by atoms with Crippen LogP contribution in [0.15, 0.2) is 24.3 Å². The average Bonchev–Trinajstić information content (AvgIpc) is 3.25. The summed E-state index contributed by atoms with van der Waals surface area (Å²) in [5, 5.41) is 11.2. The van der Waals surface area contributed by atoms with Crippen LogP contribution in [0.25, 0.3) is 0 Å². The molecule has 12 heteroatoms. The highest BCUT2D eigenvalue weighted by atomic mass is 19.4. The van der Waals surface area contributed by atoms with Gasteiger partial charge in [-0.25, -0.2) is 4.79 Å². The molecule has 1 aromatic carbocycles. The lowest BCUT2D eigenvalue weighted by molar-refractivity contribution is -0.175. The van der Waals surface area contributed by atoms with Crippen LogP contribution in [0.3, 0.4) is 0 Å². The molecule has 1 unspecified atom stereocenters. The fourth-order valence-corrected chi connectivity index (χ4v) is 4.13. The zero-order valence-corrected chi connectivity index (χ0v) is 20.4. The number of nitrogens with one attached hydrogen (secondary N) is 1. The predicted molar refractivity (Wildman–Crippen MR) is 122 cm³/mol. The van der Waals surface area contributed by atoms with E-state index in [0.29, 0.717) is 0 Å². The Hall–Kier alpha value is -3.28. The van der Waals surface area contributed by atoms with Gasteiger partial charge >= 0.3 is 12.1 Å². The molecule has 0 radical (unpaired) electrons. The van der Waals surface area contributed by atoms with Crippen molar-refractivity contribution in [2.24, 2.45) is 17.6 Å². The van der Waals surface area contributed by atoms with Crippen molar-refractivity contribution in [1.82, 2.24) is 10.2 Å². The molecule has 0 bridgehead atoms. The SMILES string of the molecule is CC(C)C(NC(=O)[C@]1(C(=O)c2ccc(C(=O)O)cc2)CCCN1C(=O)[C@@H](N)C(C)C)C(=O)C(F)(F)F. The summed E-state index contributed by atoms with van der Waals surface area (Å²) in [4.78, 5) is 64.8. The Morgan fingerprint density at radius 2 is 1.53 bits per heavy atom. The first kappa shape index (κ1) is 29.0. The van der Waals surface area contributed by atoms with E-state index >= 15 is 0 Å². The molecule has 1 aromatic rings. The van der Waals surface area contributed by atoms with Crippen LogP contribution in [0.2, 0.25) is 0 Å². The molecular weight excluding hydrogens is 483 g/mol. The molecule has 2 amide bonds. The maximum absolute atomic E-state index is 13.8. The normalized spacial score (nSPS) is 19.8. The Labute approximate surface area is 206 Å². The van der Waals surface area contributed by atoms with E-state index in [9.17, 15) is 37.1 Å². The Kier molecular flexibility index (Phi) is 8.66. The van der Waals surface area contributed by atoms with Gasteiger partial charge in [0.1, 0.15) is 0 Å². The first-order valence-electron chi connectivity index (χ1n) is 11.4. The molecule has 3 atom stereocenters. The van der Waals surface area contributed by atoms with E-state index in [1.807, 2.05) is 0 Å². The fraction of sp³-hybridized carbons (Fsp3) is 0.542. The van der Waals surface area contributed by atoms with E-state index in [1.54, 1.807) is 13.8 Å². The van der Waals surface area contributed by atoms with Gasteiger partial charge in [0.2, 0.25) is 5.91 Å². The number of Topliss-reactive ketones (excluding diaryl/α,β-unsaturated/α-hetero) is 2. The number of carboxylic acids is 1. The van der Waals surface area contributed by atoms with Gasteiger partial charge in [0.15, 0.2) is 11.3 Å². The summed E-state index contributed by atoms with van der Waals surface area (Å²) in [7, 11) is 0. The lowest BCUT2D eigenvalue weighted by Crippen LogP contribution is -2.67. The topological polar surface area (TPSA) is 147 Å². The number of rotatable bonds is 9. The molecule has 9 nitrogen and oxygen atoms in total. The van der Waals surface area contributed by atoms with Crippen molar-refractivity contribution >= 4 is 29.4 Å². The van der Waals surface area contributed by atoms with Crippen molar-refractivity contribution in [3.05, 3.63) is 35.4 Å². The highest BCUT2D eigenvalue weighted by Gasteiger charge is 2.57. The van der Waals surface area contributed by atoms with Crippen molar-refractivity contribution in [2.75, 3.05) is 6.54 Å². The van der Waals surface area contributed by atoms with Gasteiger partial charge in [0.05, 0.1) is 17.6 Å². The van der Waals surface area contributed by atoms with Crippen LogP contribution < -0.4 is 11.1 Å². The lowest BCUT2D eigenvalue weighted by atomic mass is 9.83. The van der Waals surface area contributed by atoms with E-state index in [2.05, 4.69) is 5.32 Å². The zero-order valence-electron chi connectivity index (χ0n) is 20.4. The number of nitrogens with zero attached hydrogens (tertiary/aromatic N) is 1. The minimum absolute atomic E-state index is 0.0643. The molecule has 198 valence electrons. The van der Waals surface area contributed by atoms with E-state index in [0.717, 1.165) is 29.2 Å². The number of nitrogens with two attached hydrogens (primary N) is 1. The quantitative estimate of drug-likeness (QED) is 0.339. The third kappa shape index (κ3) is 5.58. The third-order valence-electron chi connectivity index (χ3n) is 6.31. The van der Waals surface area contributed by atoms with Crippen molar-refractivity contribution in [1.29, 1.82) is 0 Å². The van der Waals surface area contributed by atoms with Gasteiger partial charge in [-0.3, -0.25) is 19.2 Å². The molecule has 1 aliphatic rings. The van der Waals surface area contributed by atoms with Crippen LogP contribution in [-0.4, -0.2) is 69.7 Å². The van der Waals surface area contributed by atoms with E-state index in [4.69, 9.17) is 10.8 Å². The Bertz CT molecular complexity index is 1040. The highest BCUT2D eigenvalue weighted by molar-refractivity contribution is 6.20. The maximum Gasteiger partial charge on any atom is 0.452 e. The number of hydrogen-bond acceptors (Lipinski definition) is 6. The van der Waals surface area contributed by atoms with Crippen LogP contribution in [-0.2, 0) is 14.4 Å². The first-order valence-corrected chi connectivity index (χ1v) is 11.4. The molecule has 36 heavy (non-hydrogen) atoms. The van der Waals surface area contributed by atoms with Gasteiger partial charge in [0, 0.05) is 12.1 Å². The fourth-order valence-electron chi connectivity index (χ4n) is 4.13. The van der Waals surface area contributed by atoms with Crippen LogP contribution in [0.1, 0.15) is 61.3 Å². The number of ketones is 2. The molecule has 4 N–H and O–H groups in total. The molecule has 1 heterocycles. The van der Waals surface area contributed by atoms with Crippen LogP contribution in [0.5, 0.6) is 0 Å². The monoisotopic (exact) mass is 513 g/mol. The number of carbonyl (C=O) groups excluding carboxylic acids is 4. The average molecular weight is 514 g/mol. The summed E-state index contributed by atoms with van der Waals surface area (Å²) >= 11 is 0. The lowest BCUT2D eigenvalue weighted by Gasteiger charge is -2.39. The number of carboxylic acid groups (broad SMARTS) is 1. The Balaban J connectivity index is 2.62. The van der Waals surface area contributed by atoms with Gasteiger partial charge < -0.3 is 21.1 Å². The molecule has 1 aliphatic heterocycles. The third-order valence-corrected chi connectivity index (χ3v) is 6.31. The molecule has 1 saturated heterocycles. The van der Waals surface area contributed by atoms with Gasteiger partial charge in [-0.2, -0.15) is 13.2 Å². The predicted octanol–water partition coefficient (Wildman–Crippen LogP) is 2.18. The second-order valence-corrected chi connectivity index (χ2v) is 9.49. The van der Waals surface area contributed by atoms with Crippen molar-refractivity contribution in [2.45, 2.75) is 64.3 Å². The summed E-state index contributed by atoms with van der Waals surface area (Å²) in [6.45, 7) is 5.86. The van der Waals surface area contributed by atoms with E-state index in [1.165, 1.54) is 13.8 Å². The van der Waals surface area contributed by atoms with Gasteiger partial charge in [-0.1, -0.05) is 39.8 Å². The zero-order chi connectivity index (χ0) is 27.6. The molecular formula is C24H30F3N3O6. The second-order valence-electron chi connectivity index (χ2n) is 9.49. The minimum atomic E-state index is -5.24. The van der Waals surface area contributed by atoms with E-state index in [-0.39, 0.29) is 36.4 Å². The number of halogens is 3. The molecule has 0 aromatic heterocycles. The van der Waals surface area contributed by atoms with E-state index < -0.39 is 59.1 Å². The smallest absolute Gasteiger partial charge is 0.452 e. The molecule has 2 rings (SSSR count). The molecule has 0 spiro atoms. The maximum atomic E-state index is 13.8. The number of alkyl halides is 3. The highest BCUT2D eigenvalue weighted by Crippen LogP contribution is 2.35. The van der Waals surface area contributed by atoms with Crippen molar-refractivity contribution in [3.8, 4) is 0 Å². The molecule has 0 saturated carbocycles. The first-order chi connectivity index (χ1) is 16.6. The number of likely N-dealkylation sites (tertiary alicyclic amines) is 1. The van der Waals surface area contributed by atoms with Gasteiger partial charge in [-0.15, -0.1) is 0 Å². The standard InChI is InChI=1S/C24H30F3N3O6/c1-12(2)16(28)20(33)30-11-5-10-23(30,18(31)14-6-8-15(9-7-14)21(34)35)22(36)29-17(13(3)4)19(32)24(25,26)27/h6-9,12-13,16-17H,5,10-11,28H2,1-4H3,(H,29,36)(H,34,35)/t16-,17?,23+/m0/s1. The van der Waals surface area contributed by atoms with Gasteiger partial charge in [0.25, 0.3) is 11.7 Å². The number of amides is 2. The van der Waals surface area contributed by atoms with Crippen molar-refractivity contribution < 1.29 is 42.3 Å². The number of hydrogen-bond donors (Lipinski definition) is 3. The summed E-state index contributed by atoms with van der Waals surface area (Å²) in [6.07, 6.45) is -5.29. The van der Waals surface area contributed by atoms with Crippen LogP contribution in [0, 0.1) is 11.8 Å². The number of aromatic carboxylic acids is 1. The van der Waals surface area contributed by atoms with Crippen LogP contribution in [0.4, 0.5) is 13.2 Å². The van der Waals surface area contributed by atoms with Crippen LogP contribution >= 0.6 is 0 Å². The summed E-state index contributed by atoms with van der Waals surface area (Å²) in [5.41, 5.74) is 3.47. The van der Waals surface area contributed by atoms with Gasteiger partial charge in [-0.05, 0) is 36.8 Å². The Morgan fingerprint density at radius 1 is 1.00 bits per heavy atom. The summed E-state index contributed by atoms with van der Waals surface area (Å²) < 4.78 is 39.6. The Morgan fingerprint density at radius 3 is 1.97 bits per heavy atom.